The number of alkyl halides is 3. The van der Waals surface area contributed by atoms with Crippen molar-refractivity contribution in [2.75, 3.05) is 19.3 Å². The SMILES string of the molecule is CCC(C)[C@H](NC(=O)Cc1ccccc1F)C(=O)N[C@]1(C(=O)N[C@H](C(=O)NCCSC(N=NN)=NC)C(C)CC)CCc2[nH]c3c(C(F)(F)F)cccc3c2C1. The number of H-pyrrole nitrogens is 1. The fraction of sp³-hybridized carbons (Fsp3) is 0.500. The number of thioether (sulfide) groups is 1. The number of aryl methyl sites for hydroxylation is 1. The van der Waals surface area contributed by atoms with E-state index in [1.54, 1.807) is 19.9 Å². The molecule has 0 fully saturated rings. The monoisotopic (exact) mass is 803 g/mol. The van der Waals surface area contributed by atoms with Crippen molar-refractivity contribution in [2.24, 2.45) is 33.0 Å². The van der Waals surface area contributed by atoms with Gasteiger partial charge in [-0.3, -0.25) is 24.2 Å². The molecule has 1 aliphatic carbocycles. The van der Waals surface area contributed by atoms with Gasteiger partial charge in [0.1, 0.15) is 23.4 Å². The topological polar surface area (TPSA) is 195 Å². The Morgan fingerprint density at radius 2 is 1.66 bits per heavy atom. The van der Waals surface area contributed by atoms with Gasteiger partial charge in [-0.25, -0.2) is 4.39 Å². The highest BCUT2D eigenvalue weighted by Gasteiger charge is 2.47. The molecule has 5 atom stereocenters. The molecule has 18 heteroatoms. The standard InChI is InChI=1S/C38H49F4N9O4S/c1-6-21(3)30(33(53)45-17-18-56-36(44-5)50-51-43)48-35(55)37(16-15-28-25(20-37)24-12-10-13-26(32(24)46-28)38(40,41)42)49-34(54)31(22(4)7-2)47-29(52)19-23-11-8-9-14-27(23)39/h8-14,21-22,30-31,46H,6-7,15-20H2,1-5H3,(H,45,53)(H,47,52)(H,48,55)(H,49,54)(H2,43,44,50)/t21?,22?,30-,31-,37+/m0/s1. The summed E-state index contributed by atoms with van der Waals surface area (Å²) in [6, 6.07) is 7.34. The summed E-state index contributed by atoms with van der Waals surface area (Å²) in [5.41, 5.74) is -1.71. The first kappa shape index (κ1) is 43.7. The normalized spacial score (nSPS) is 18.1. The van der Waals surface area contributed by atoms with E-state index in [0.717, 1.165) is 6.07 Å². The number of aromatic amines is 1. The van der Waals surface area contributed by atoms with Gasteiger partial charge in [-0.2, -0.15) is 13.2 Å². The predicted molar refractivity (Wildman–Crippen MR) is 207 cm³/mol. The summed E-state index contributed by atoms with van der Waals surface area (Å²) >= 11 is 1.20. The molecule has 0 bridgehead atoms. The number of hydrogen-bond acceptors (Lipinski definition) is 7. The Bertz CT molecular complexity index is 1950. The second kappa shape index (κ2) is 19.2. The number of nitrogens with zero attached hydrogens (tertiary/aromatic N) is 3. The molecule has 7 N–H and O–H groups in total. The summed E-state index contributed by atoms with van der Waals surface area (Å²) in [7, 11) is 1.52. The lowest BCUT2D eigenvalue weighted by molar-refractivity contribution is -0.139. The number of nitrogens with two attached hydrogens (primary N) is 1. The summed E-state index contributed by atoms with van der Waals surface area (Å²) in [6.45, 7) is 7.38. The number of benzene rings is 2. The zero-order chi connectivity index (χ0) is 41.2. The first-order valence-electron chi connectivity index (χ1n) is 18.4. The summed E-state index contributed by atoms with van der Waals surface area (Å²) in [4.78, 5) is 62.7. The van der Waals surface area contributed by atoms with Crippen LogP contribution in [0.1, 0.15) is 69.3 Å². The van der Waals surface area contributed by atoms with Crippen LogP contribution in [0.15, 0.2) is 57.8 Å². The molecule has 1 aliphatic rings. The first-order valence-corrected chi connectivity index (χ1v) is 19.4. The van der Waals surface area contributed by atoms with Crippen LogP contribution in [0.4, 0.5) is 17.6 Å². The number of fused-ring (bicyclic) bond motifs is 3. The van der Waals surface area contributed by atoms with E-state index in [1.807, 2.05) is 13.8 Å². The Hall–Kier alpha value is -5.00. The molecule has 0 spiro atoms. The number of aromatic nitrogens is 1. The van der Waals surface area contributed by atoms with Crippen molar-refractivity contribution in [1.82, 2.24) is 26.3 Å². The van der Waals surface area contributed by atoms with Crippen LogP contribution < -0.4 is 27.1 Å². The summed E-state index contributed by atoms with van der Waals surface area (Å²) in [5.74, 6) is 1.56. The van der Waals surface area contributed by atoms with Gasteiger partial charge in [-0.05, 0) is 47.9 Å². The molecule has 13 nitrogen and oxygen atoms in total. The molecule has 0 aliphatic heterocycles. The Balaban J connectivity index is 1.68. The van der Waals surface area contributed by atoms with Crippen LogP contribution in [0, 0.1) is 17.7 Å². The van der Waals surface area contributed by atoms with E-state index in [2.05, 4.69) is 41.6 Å². The summed E-state index contributed by atoms with van der Waals surface area (Å²) < 4.78 is 56.6. The average molecular weight is 804 g/mol. The smallest absolute Gasteiger partial charge is 0.358 e. The van der Waals surface area contributed by atoms with Crippen molar-refractivity contribution >= 4 is 51.5 Å². The minimum Gasteiger partial charge on any atom is -0.358 e. The fourth-order valence-corrected chi connectivity index (χ4v) is 7.34. The summed E-state index contributed by atoms with van der Waals surface area (Å²) in [5, 5.41) is 18.8. The molecule has 2 aromatic carbocycles. The molecular formula is C38H49F4N9O4S. The van der Waals surface area contributed by atoms with Gasteiger partial charge < -0.3 is 32.1 Å². The van der Waals surface area contributed by atoms with Gasteiger partial charge >= 0.3 is 6.18 Å². The van der Waals surface area contributed by atoms with Crippen molar-refractivity contribution < 1.29 is 36.7 Å². The van der Waals surface area contributed by atoms with Gasteiger partial charge in [0.05, 0.1) is 17.5 Å². The lowest BCUT2D eigenvalue weighted by Gasteiger charge is -2.39. The number of halogens is 4. The van der Waals surface area contributed by atoms with E-state index in [-0.39, 0.29) is 54.6 Å². The van der Waals surface area contributed by atoms with Gasteiger partial charge in [0.25, 0.3) is 0 Å². The van der Waals surface area contributed by atoms with Gasteiger partial charge in [0, 0.05) is 36.8 Å². The molecule has 4 amide bonds. The third kappa shape index (κ3) is 10.4. The molecule has 4 rings (SSSR count). The molecule has 0 saturated heterocycles. The Kier molecular flexibility index (Phi) is 15.0. The quantitative estimate of drug-likeness (QED) is 0.0234. The zero-order valence-corrected chi connectivity index (χ0v) is 32.8. The fourth-order valence-electron chi connectivity index (χ4n) is 6.71. The number of amidine groups is 1. The minimum absolute atomic E-state index is 0.0392. The summed E-state index contributed by atoms with van der Waals surface area (Å²) in [6.07, 6.45) is -4.23. The highest BCUT2D eigenvalue weighted by molar-refractivity contribution is 8.13. The number of amides is 4. The number of carbonyl (C=O) groups excluding carboxylic acids is 4. The minimum atomic E-state index is -4.66. The van der Waals surface area contributed by atoms with Crippen LogP contribution >= 0.6 is 11.8 Å². The van der Waals surface area contributed by atoms with Crippen molar-refractivity contribution in [2.45, 2.75) is 90.0 Å². The highest BCUT2D eigenvalue weighted by Crippen LogP contribution is 2.40. The maximum Gasteiger partial charge on any atom is 0.418 e. The second-order valence-corrected chi connectivity index (χ2v) is 15.0. The molecule has 1 aromatic heterocycles. The van der Waals surface area contributed by atoms with E-state index in [9.17, 15) is 36.7 Å². The largest absolute Gasteiger partial charge is 0.418 e. The Labute approximate surface area is 326 Å². The average Bonchev–Trinajstić information content (AvgIpc) is 3.54. The maximum absolute atomic E-state index is 14.7. The van der Waals surface area contributed by atoms with E-state index < -0.39 is 64.7 Å². The van der Waals surface area contributed by atoms with Gasteiger partial charge in [-0.15, -0.1) is 5.11 Å². The number of hydrogen-bond donors (Lipinski definition) is 6. The van der Waals surface area contributed by atoms with Crippen molar-refractivity contribution in [3.05, 3.63) is 70.7 Å². The molecule has 0 saturated carbocycles. The van der Waals surface area contributed by atoms with E-state index >= 15 is 0 Å². The van der Waals surface area contributed by atoms with E-state index in [0.29, 0.717) is 35.0 Å². The number of rotatable bonds is 15. The highest BCUT2D eigenvalue weighted by atomic mass is 32.2. The Morgan fingerprint density at radius 3 is 2.29 bits per heavy atom. The lowest BCUT2D eigenvalue weighted by atomic mass is 9.78. The Morgan fingerprint density at radius 1 is 0.982 bits per heavy atom. The third-order valence-corrected chi connectivity index (χ3v) is 11.2. The predicted octanol–water partition coefficient (Wildman–Crippen LogP) is 5.14. The van der Waals surface area contributed by atoms with Crippen molar-refractivity contribution in [3.8, 4) is 0 Å². The third-order valence-electron chi connectivity index (χ3n) is 10.3. The molecule has 56 heavy (non-hydrogen) atoms. The second-order valence-electron chi connectivity index (χ2n) is 14.0. The molecule has 0 radical (unpaired) electrons. The van der Waals surface area contributed by atoms with Crippen LogP contribution in [-0.2, 0) is 44.6 Å². The maximum atomic E-state index is 14.7. The van der Waals surface area contributed by atoms with Gasteiger partial charge in [-0.1, -0.05) is 87.9 Å². The number of carbonyl (C=O) groups is 4. The van der Waals surface area contributed by atoms with Crippen LogP contribution in [0.5, 0.6) is 0 Å². The molecule has 304 valence electrons. The van der Waals surface area contributed by atoms with Crippen LogP contribution in [0.25, 0.3) is 10.9 Å². The zero-order valence-electron chi connectivity index (χ0n) is 32.0. The van der Waals surface area contributed by atoms with Crippen LogP contribution in [-0.4, -0.2) is 70.7 Å². The molecule has 1 heterocycles. The first-order chi connectivity index (χ1) is 26.6. The molecule has 3 aromatic rings. The van der Waals surface area contributed by atoms with Gasteiger partial charge in [0.15, 0.2) is 0 Å². The molecule has 2 unspecified atom stereocenters. The lowest BCUT2D eigenvalue weighted by Crippen LogP contribution is -2.67. The number of aliphatic imine (C=N–C) groups is 1. The van der Waals surface area contributed by atoms with E-state index in [4.69, 9.17) is 5.84 Å². The van der Waals surface area contributed by atoms with Crippen LogP contribution in [0.2, 0.25) is 0 Å². The number of nitrogens with one attached hydrogen (secondary N) is 5. The van der Waals surface area contributed by atoms with Gasteiger partial charge in [0.2, 0.25) is 28.8 Å². The van der Waals surface area contributed by atoms with Crippen LogP contribution in [0.3, 0.4) is 0 Å². The van der Waals surface area contributed by atoms with Crippen molar-refractivity contribution in [3.63, 3.8) is 0 Å². The van der Waals surface area contributed by atoms with Crippen molar-refractivity contribution in [1.29, 1.82) is 0 Å². The number of para-hydroxylation sites is 1. The molecular weight excluding hydrogens is 755 g/mol. The van der Waals surface area contributed by atoms with E-state index in [1.165, 1.54) is 49.1 Å².